The average Bonchev–Trinajstić information content (AvgIpc) is 2.78. The Kier molecular flexibility index (Phi) is 3.22. The van der Waals surface area contributed by atoms with Gasteiger partial charge in [-0.15, -0.1) is 0 Å². The number of fused-ring (bicyclic) bond motifs is 1. The molecule has 0 bridgehead atoms. The van der Waals surface area contributed by atoms with Crippen LogP contribution in [0.25, 0.3) is 0 Å². The van der Waals surface area contributed by atoms with E-state index >= 15 is 0 Å². The molecular formula is C16H10N2O3. The summed E-state index contributed by atoms with van der Waals surface area (Å²) in [4.78, 5) is 29.5. The molecule has 1 aromatic carbocycles. The summed E-state index contributed by atoms with van der Waals surface area (Å²) >= 11 is 0. The van der Waals surface area contributed by atoms with Crippen LogP contribution in [0.15, 0.2) is 42.7 Å². The number of imide groups is 1. The van der Waals surface area contributed by atoms with Crippen molar-refractivity contribution in [3.8, 4) is 11.8 Å². The van der Waals surface area contributed by atoms with Gasteiger partial charge in [0.05, 0.1) is 16.8 Å². The van der Waals surface area contributed by atoms with Crippen LogP contribution >= 0.6 is 0 Å². The third-order valence-electron chi connectivity index (χ3n) is 3.13. The molecule has 102 valence electrons. The second kappa shape index (κ2) is 5.19. The van der Waals surface area contributed by atoms with Gasteiger partial charge in [0.25, 0.3) is 11.8 Å². The highest BCUT2D eigenvalue weighted by molar-refractivity contribution is 6.34. The maximum Gasteiger partial charge on any atom is 0.267 e. The standard InChI is InChI=1S/C16H10N2O3/c19-9-1-2-11-3-5-12(6-4-11)18-15(20)13-7-8-17-10-14(13)16(18)21/h3-8,10,19H,9H2. The first kappa shape index (κ1) is 13.0. The van der Waals surface area contributed by atoms with Crippen molar-refractivity contribution >= 4 is 17.5 Å². The molecule has 0 fully saturated rings. The SMILES string of the molecule is O=C1c2ccncc2C(=O)N1c1ccc(C#CCO)cc1. The summed E-state index contributed by atoms with van der Waals surface area (Å²) in [6.45, 7) is -0.215. The molecule has 1 aromatic heterocycles. The topological polar surface area (TPSA) is 70.5 Å². The van der Waals surface area contributed by atoms with Crippen LogP contribution in [-0.4, -0.2) is 28.5 Å². The minimum absolute atomic E-state index is 0.215. The molecule has 3 rings (SSSR count). The molecule has 0 spiro atoms. The Hall–Kier alpha value is -2.97. The number of rotatable bonds is 1. The first-order valence-corrected chi connectivity index (χ1v) is 6.25. The normalized spacial score (nSPS) is 12.9. The third kappa shape index (κ3) is 2.18. The number of aromatic nitrogens is 1. The van der Waals surface area contributed by atoms with Gasteiger partial charge in [-0.3, -0.25) is 14.6 Å². The molecule has 21 heavy (non-hydrogen) atoms. The lowest BCUT2D eigenvalue weighted by molar-refractivity contribution is 0.0926. The Morgan fingerprint density at radius 3 is 2.43 bits per heavy atom. The number of hydrogen-bond acceptors (Lipinski definition) is 4. The molecule has 1 aliphatic rings. The molecule has 0 radical (unpaired) electrons. The van der Waals surface area contributed by atoms with Gasteiger partial charge in [-0.2, -0.15) is 0 Å². The number of aliphatic hydroxyl groups excluding tert-OH is 1. The molecule has 2 amide bonds. The van der Waals surface area contributed by atoms with Crippen LogP contribution in [0.3, 0.4) is 0 Å². The Balaban J connectivity index is 1.96. The first-order valence-electron chi connectivity index (χ1n) is 6.25. The molecule has 0 unspecified atom stereocenters. The van der Waals surface area contributed by atoms with E-state index in [9.17, 15) is 9.59 Å². The molecule has 1 aliphatic heterocycles. The number of aliphatic hydroxyl groups is 1. The fourth-order valence-electron chi connectivity index (χ4n) is 2.15. The Morgan fingerprint density at radius 1 is 1.05 bits per heavy atom. The van der Waals surface area contributed by atoms with Gasteiger partial charge in [0.1, 0.15) is 6.61 Å². The van der Waals surface area contributed by atoms with Gasteiger partial charge >= 0.3 is 0 Å². The zero-order valence-electron chi connectivity index (χ0n) is 10.9. The van der Waals surface area contributed by atoms with Crippen molar-refractivity contribution in [3.05, 3.63) is 59.4 Å². The van der Waals surface area contributed by atoms with E-state index in [2.05, 4.69) is 16.8 Å². The number of carbonyl (C=O) groups excluding carboxylic acids is 2. The van der Waals surface area contributed by atoms with Crippen molar-refractivity contribution in [2.45, 2.75) is 0 Å². The van der Waals surface area contributed by atoms with Crippen LogP contribution in [0.5, 0.6) is 0 Å². The number of amides is 2. The summed E-state index contributed by atoms with van der Waals surface area (Å²) in [5, 5.41) is 8.65. The van der Waals surface area contributed by atoms with Crippen molar-refractivity contribution in [2.75, 3.05) is 11.5 Å². The maximum absolute atomic E-state index is 12.3. The number of pyridine rings is 1. The molecule has 2 aromatic rings. The maximum atomic E-state index is 12.3. The molecule has 5 heteroatoms. The molecule has 0 saturated heterocycles. The van der Waals surface area contributed by atoms with Crippen LogP contribution in [0.4, 0.5) is 5.69 Å². The van der Waals surface area contributed by atoms with E-state index < -0.39 is 0 Å². The van der Waals surface area contributed by atoms with Gasteiger partial charge in [-0.1, -0.05) is 11.8 Å². The molecular weight excluding hydrogens is 268 g/mol. The number of hydrogen-bond donors (Lipinski definition) is 1. The minimum Gasteiger partial charge on any atom is -0.384 e. The lowest BCUT2D eigenvalue weighted by atomic mass is 10.2. The van der Waals surface area contributed by atoms with Gasteiger partial charge in [0.2, 0.25) is 0 Å². The van der Waals surface area contributed by atoms with E-state index in [0.717, 1.165) is 4.90 Å². The molecule has 2 heterocycles. The van der Waals surface area contributed by atoms with E-state index in [1.165, 1.54) is 18.5 Å². The molecule has 0 atom stereocenters. The summed E-state index contributed by atoms with van der Waals surface area (Å²) in [7, 11) is 0. The van der Waals surface area contributed by atoms with Crippen LogP contribution < -0.4 is 4.90 Å². The van der Waals surface area contributed by atoms with Crippen LogP contribution in [0, 0.1) is 11.8 Å². The molecule has 1 N–H and O–H groups in total. The van der Waals surface area contributed by atoms with Crippen molar-refractivity contribution < 1.29 is 14.7 Å². The van der Waals surface area contributed by atoms with Crippen molar-refractivity contribution in [1.29, 1.82) is 0 Å². The Labute approximate surface area is 120 Å². The zero-order chi connectivity index (χ0) is 14.8. The average molecular weight is 278 g/mol. The van der Waals surface area contributed by atoms with E-state index in [1.54, 1.807) is 24.3 Å². The van der Waals surface area contributed by atoms with Crippen LogP contribution in [-0.2, 0) is 0 Å². The zero-order valence-corrected chi connectivity index (χ0v) is 10.9. The fourth-order valence-corrected chi connectivity index (χ4v) is 2.15. The summed E-state index contributed by atoms with van der Waals surface area (Å²) in [6.07, 6.45) is 2.89. The Morgan fingerprint density at radius 2 is 1.76 bits per heavy atom. The lowest BCUT2D eigenvalue weighted by Gasteiger charge is -2.13. The van der Waals surface area contributed by atoms with Gasteiger partial charge in [0.15, 0.2) is 0 Å². The predicted octanol–water partition coefficient (Wildman–Crippen LogP) is 1.23. The Bertz CT molecular complexity index is 750. The predicted molar refractivity (Wildman–Crippen MR) is 75.8 cm³/mol. The highest BCUT2D eigenvalue weighted by Gasteiger charge is 2.36. The van der Waals surface area contributed by atoms with Crippen LogP contribution in [0.2, 0.25) is 0 Å². The van der Waals surface area contributed by atoms with Gasteiger partial charge in [-0.05, 0) is 30.3 Å². The van der Waals surface area contributed by atoms with Crippen LogP contribution in [0.1, 0.15) is 26.3 Å². The van der Waals surface area contributed by atoms with E-state index in [4.69, 9.17) is 5.11 Å². The van der Waals surface area contributed by atoms with E-state index in [0.29, 0.717) is 22.4 Å². The molecule has 0 saturated carbocycles. The smallest absolute Gasteiger partial charge is 0.267 e. The molecule has 5 nitrogen and oxygen atoms in total. The number of benzene rings is 1. The quantitative estimate of drug-likeness (QED) is 0.629. The highest BCUT2D eigenvalue weighted by atomic mass is 16.2. The first-order chi connectivity index (χ1) is 10.2. The highest BCUT2D eigenvalue weighted by Crippen LogP contribution is 2.27. The summed E-state index contributed by atoms with van der Waals surface area (Å²) < 4.78 is 0. The van der Waals surface area contributed by atoms with E-state index in [1.807, 2.05) is 0 Å². The number of nitrogens with zero attached hydrogens (tertiary/aromatic N) is 2. The van der Waals surface area contributed by atoms with Gasteiger partial charge in [-0.25, -0.2) is 4.90 Å². The number of carbonyl (C=O) groups is 2. The van der Waals surface area contributed by atoms with E-state index in [-0.39, 0.29) is 18.4 Å². The van der Waals surface area contributed by atoms with Crippen molar-refractivity contribution in [1.82, 2.24) is 4.98 Å². The van der Waals surface area contributed by atoms with Crippen molar-refractivity contribution in [3.63, 3.8) is 0 Å². The van der Waals surface area contributed by atoms with Gasteiger partial charge in [0, 0.05) is 18.0 Å². The van der Waals surface area contributed by atoms with Crippen molar-refractivity contribution in [2.24, 2.45) is 0 Å². The second-order valence-corrected chi connectivity index (χ2v) is 4.37. The summed E-state index contributed by atoms with van der Waals surface area (Å²) in [6, 6.07) is 8.23. The second-order valence-electron chi connectivity index (χ2n) is 4.37. The van der Waals surface area contributed by atoms with Gasteiger partial charge < -0.3 is 5.11 Å². The molecule has 0 aliphatic carbocycles. The summed E-state index contributed by atoms with van der Waals surface area (Å²) in [5.74, 6) is 4.56. The summed E-state index contributed by atoms with van der Waals surface area (Å²) in [5.41, 5.74) is 1.85. The fraction of sp³-hybridized carbons (Fsp3) is 0.0625. The number of anilines is 1. The minimum atomic E-state index is -0.378. The monoisotopic (exact) mass is 278 g/mol. The lowest BCUT2D eigenvalue weighted by Crippen LogP contribution is -2.29. The third-order valence-corrected chi connectivity index (χ3v) is 3.13. The largest absolute Gasteiger partial charge is 0.384 e.